The quantitative estimate of drug-likeness (QED) is 0.827. The molecular weight excluding hydrogens is 248 g/mol. The Bertz CT molecular complexity index is 389. The van der Waals surface area contributed by atoms with Crippen molar-refractivity contribution in [3.05, 3.63) is 35.9 Å². The van der Waals surface area contributed by atoms with Crippen LogP contribution in [0.4, 0.5) is 0 Å². The molecule has 0 spiro atoms. The molecule has 3 nitrogen and oxygen atoms in total. The van der Waals surface area contributed by atoms with Gasteiger partial charge < -0.3 is 15.0 Å². The van der Waals surface area contributed by atoms with Gasteiger partial charge in [-0.3, -0.25) is 0 Å². The van der Waals surface area contributed by atoms with Gasteiger partial charge >= 0.3 is 0 Å². The number of rotatable bonds is 7. The van der Waals surface area contributed by atoms with Crippen LogP contribution in [0, 0.1) is 0 Å². The SMILES string of the molecule is CCNCC(C)(CN(C)C1CCOC1)c1ccccc1. The first kappa shape index (κ1) is 15.5. The van der Waals surface area contributed by atoms with Crippen molar-refractivity contribution >= 4 is 0 Å². The maximum Gasteiger partial charge on any atom is 0.0622 e. The van der Waals surface area contributed by atoms with Crippen LogP contribution in [0.1, 0.15) is 25.8 Å². The van der Waals surface area contributed by atoms with E-state index in [1.807, 2.05) is 0 Å². The van der Waals surface area contributed by atoms with Crippen LogP contribution in [0.15, 0.2) is 30.3 Å². The molecule has 1 aromatic rings. The fourth-order valence-corrected chi connectivity index (χ4v) is 3.04. The lowest BCUT2D eigenvalue weighted by molar-refractivity contribution is 0.143. The Balaban J connectivity index is 2.09. The molecule has 3 heteroatoms. The van der Waals surface area contributed by atoms with Crippen molar-refractivity contribution in [2.24, 2.45) is 0 Å². The lowest BCUT2D eigenvalue weighted by Crippen LogP contribution is -2.47. The molecule has 20 heavy (non-hydrogen) atoms. The third-order valence-corrected chi connectivity index (χ3v) is 4.36. The normalized spacial score (nSPS) is 22.1. The van der Waals surface area contributed by atoms with Crippen molar-refractivity contribution in [2.45, 2.75) is 31.7 Å². The monoisotopic (exact) mass is 276 g/mol. The second kappa shape index (κ2) is 7.21. The highest BCUT2D eigenvalue weighted by Gasteiger charge is 2.31. The van der Waals surface area contributed by atoms with Crippen LogP contribution < -0.4 is 5.32 Å². The van der Waals surface area contributed by atoms with Gasteiger partial charge in [-0.2, -0.15) is 0 Å². The zero-order valence-corrected chi connectivity index (χ0v) is 13.1. The summed E-state index contributed by atoms with van der Waals surface area (Å²) in [4.78, 5) is 2.47. The summed E-state index contributed by atoms with van der Waals surface area (Å²) in [6.45, 7) is 9.38. The first-order chi connectivity index (χ1) is 9.65. The molecule has 0 aliphatic carbocycles. The van der Waals surface area contributed by atoms with E-state index < -0.39 is 0 Å². The van der Waals surface area contributed by atoms with Crippen molar-refractivity contribution in [1.82, 2.24) is 10.2 Å². The predicted octanol–water partition coefficient (Wildman–Crippen LogP) is 2.27. The van der Waals surface area contributed by atoms with Crippen LogP contribution >= 0.6 is 0 Å². The lowest BCUT2D eigenvalue weighted by Gasteiger charge is -2.37. The maximum absolute atomic E-state index is 5.52. The summed E-state index contributed by atoms with van der Waals surface area (Å²) in [7, 11) is 2.23. The third-order valence-electron chi connectivity index (χ3n) is 4.36. The number of nitrogens with one attached hydrogen (secondary N) is 1. The van der Waals surface area contributed by atoms with Gasteiger partial charge in [-0.15, -0.1) is 0 Å². The van der Waals surface area contributed by atoms with Gasteiger partial charge in [0.1, 0.15) is 0 Å². The molecule has 0 aromatic heterocycles. The van der Waals surface area contributed by atoms with Crippen LogP contribution in [0.3, 0.4) is 0 Å². The summed E-state index contributed by atoms with van der Waals surface area (Å²) in [5, 5.41) is 3.53. The second-order valence-electron chi connectivity index (χ2n) is 6.14. The summed E-state index contributed by atoms with van der Waals surface area (Å²) < 4.78 is 5.52. The first-order valence-corrected chi connectivity index (χ1v) is 7.70. The Kier molecular flexibility index (Phi) is 5.58. The Morgan fingerprint density at radius 3 is 2.70 bits per heavy atom. The minimum absolute atomic E-state index is 0.134. The molecule has 2 rings (SSSR count). The highest BCUT2D eigenvalue weighted by molar-refractivity contribution is 5.25. The highest BCUT2D eigenvalue weighted by Crippen LogP contribution is 2.26. The van der Waals surface area contributed by atoms with Gasteiger partial charge in [-0.1, -0.05) is 44.2 Å². The minimum Gasteiger partial charge on any atom is -0.380 e. The average Bonchev–Trinajstić information content (AvgIpc) is 3.00. The molecule has 1 aliphatic heterocycles. The number of nitrogens with zero attached hydrogens (tertiary/aromatic N) is 1. The Labute approximate surface area is 123 Å². The van der Waals surface area contributed by atoms with Crippen LogP contribution in [-0.4, -0.2) is 50.8 Å². The smallest absolute Gasteiger partial charge is 0.0622 e. The van der Waals surface area contributed by atoms with Crippen LogP contribution in [0.2, 0.25) is 0 Å². The van der Waals surface area contributed by atoms with E-state index in [9.17, 15) is 0 Å². The summed E-state index contributed by atoms with van der Waals surface area (Å²) in [6, 6.07) is 11.4. The molecule has 1 fully saturated rings. The second-order valence-corrected chi connectivity index (χ2v) is 6.14. The van der Waals surface area contributed by atoms with Crippen LogP contribution in [-0.2, 0) is 10.2 Å². The zero-order chi connectivity index (χ0) is 14.4. The van der Waals surface area contributed by atoms with Gasteiger partial charge in [0, 0.05) is 31.2 Å². The standard InChI is InChI=1S/C17H28N2O/c1-4-18-13-17(2,15-8-6-5-7-9-15)14-19(3)16-10-11-20-12-16/h5-9,16,18H,4,10-14H2,1-3H3. The topological polar surface area (TPSA) is 24.5 Å². The predicted molar refractivity (Wildman–Crippen MR) is 84.2 cm³/mol. The van der Waals surface area contributed by atoms with Gasteiger partial charge in [0.15, 0.2) is 0 Å². The van der Waals surface area contributed by atoms with Crippen LogP contribution in [0.25, 0.3) is 0 Å². The number of ether oxygens (including phenoxy) is 1. The number of hydrogen-bond acceptors (Lipinski definition) is 3. The molecule has 1 saturated heterocycles. The van der Waals surface area contributed by atoms with Gasteiger partial charge in [-0.05, 0) is 25.6 Å². The van der Waals surface area contributed by atoms with E-state index >= 15 is 0 Å². The molecule has 2 unspecified atom stereocenters. The molecule has 2 atom stereocenters. The summed E-state index contributed by atoms with van der Waals surface area (Å²) in [6.07, 6.45) is 1.16. The Hall–Kier alpha value is -0.900. The maximum atomic E-state index is 5.52. The molecule has 112 valence electrons. The van der Waals surface area contributed by atoms with Crippen molar-refractivity contribution < 1.29 is 4.74 Å². The van der Waals surface area contributed by atoms with Gasteiger partial charge in [-0.25, -0.2) is 0 Å². The van der Waals surface area contributed by atoms with Crippen molar-refractivity contribution in [3.8, 4) is 0 Å². The molecule has 1 aliphatic rings. The highest BCUT2D eigenvalue weighted by atomic mass is 16.5. The fourth-order valence-electron chi connectivity index (χ4n) is 3.04. The largest absolute Gasteiger partial charge is 0.380 e. The van der Waals surface area contributed by atoms with E-state index in [-0.39, 0.29) is 5.41 Å². The molecular formula is C17H28N2O. The first-order valence-electron chi connectivity index (χ1n) is 7.70. The Morgan fingerprint density at radius 2 is 2.10 bits per heavy atom. The summed E-state index contributed by atoms with van der Waals surface area (Å²) in [5.74, 6) is 0. The fraction of sp³-hybridized carbons (Fsp3) is 0.647. The van der Waals surface area contributed by atoms with Crippen molar-refractivity contribution in [1.29, 1.82) is 0 Å². The average molecular weight is 276 g/mol. The third kappa shape index (κ3) is 3.81. The van der Waals surface area contributed by atoms with E-state index in [4.69, 9.17) is 4.74 Å². The number of hydrogen-bond donors (Lipinski definition) is 1. The molecule has 0 saturated carbocycles. The minimum atomic E-state index is 0.134. The van der Waals surface area contributed by atoms with Gasteiger partial charge in [0.2, 0.25) is 0 Å². The zero-order valence-electron chi connectivity index (χ0n) is 13.1. The van der Waals surface area contributed by atoms with E-state index in [1.165, 1.54) is 5.56 Å². The number of benzene rings is 1. The molecule has 0 radical (unpaired) electrons. The number of likely N-dealkylation sites (N-methyl/N-ethyl adjacent to an activating group) is 2. The molecule has 1 heterocycles. The lowest BCUT2D eigenvalue weighted by atomic mass is 9.81. The molecule has 0 amide bonds. The molecule has 1 N–H and O–H groups in total. The van der Waals surface area contributed by atoms with E-state index in [2.05, 4.69) is 61.4 Å². The van der Waals surface area contributed by atoms with Gasteiger partial charge in [0.05, 0.1) is 6.61 Å². The molecule has 0 bridgehead atoms. The van der Waals surface area contributed by atoms with Gasteiger partial charge in [0.25, 0.3) is 0 Å². The van der Waals surface area contributed by atoms with Crippen LogP contribution in [0.5, 0.6) is 0 Å². The summed E-state index contributed by atoms with van der Waals surface area (Å²) >= 11 is 0. The van der Waals surface area contributed by atoms with E-state index in [0.29, 0.717) is 6.04 Å². The van der Waals surface area contributed by atoms with E-state index in [0.717, 1.165) is 39.3 Å². The van der Waals surface area contributed by atoms with Crippen molar-refractivity contribution in [3.63, 3.8) is 0 Å². The summed E-state index contributed by atoms with van der Waals surface area (Å²) in [5.41, 5.74) is 1.54. The Morgan fingerprint density at radius 1 is 1.35 bits per heavy atom. The van der Waals surface area contributed by atoms with Crippen molar-refractivity contribution in [2.75, 3.05) is 39.9 Å². The molecule has 1 aromatic carbocycles. The van der Waals surface area contributed by atoms with E-state index in [1.54, 1.807) is 0 Å².